The number of sulfonamides is 1. The molecule has 2 aromatic rings. The molecular formula is C25H35N3O4S. The van der Waals surface area contributed by atoms with Crippen molar-refractivity contribution in [3.63, 3.8) is 0 Å². The minimum atomic E-state index is -3.67. The SMILES string of the molecule is CCC(C(=O)NCc1cccc(CN2CCCCC2)c1)N(c1ccc(OC)cc1)S(C)(=O)=O. The number of amides is 1. The molecule has 0 saturated carbocycles. The highest BCUT2D eigenvalue weighted by molar-refractivity contribution is 7.92. The van der Waals surface area contributed by atoms with Gasteiger partial charge < -0.3 is 10.1 Å². The number of hydrogen-bond acceptors (Lipinski definition) is 5. The second kappa shape index (κ2) is 11.5. The average molecular weight is 474 g/mol. The summed E-state index contributed by atoms with van der Waals surface area (Å²) in [7, 11) is -2.13. The number of piperidine rings is 1. The Morgan fingerprint density at radius 2 is 1.76 bits per heavy atom. The summed E-state index contributed by atoms with van der Waals surface area (Å²) < 4.78 is 31.6. The molecule has 1 aliphatic heterocycles. The first kappa shape index (κ1) is 25.1. The number of methoxy groups -OCH3 is 1. The Kier molecular flexibility index (Phi) is 8.74. The van der Waals surface area contributed by atoms with Gasteiger partial charge in [-0.2, -0.15) is 0 Å². The standard InChI is InChI=1S/C25H35N3O4S/c1-4-24(28(33(3,30)31)22-11-13-23(32-2)14-12-22)25(29)26-18-20-9-8-10-21(17-20)19-27-15-6-5-7-16-27/h8-14,17,24H,4-7,15-16,18-19H2,1-3H3,(H,26,29). The molecule has 33 heavy (non-hydrogen) atoms. The smallest absolute Gasteiger partial charge is 0.244 e. The largest absolute Gasteiger partial charge is 0.497 e. The summed E-state index contributed by atoms with van der Waals surface area (Å²) in [6, 6.07) is 14.1. The van der Waals surface area contributed by atoms with E-state index >= 15 is 0 Å². The molecule has 1 unspecified atom stereocenters. The Morgan fingerprint density at radius 3 is 2.36 bits per heavy atom. The summed E-state index contributed by atoms with van der Waals surface area (Å²) in [6.45, 7) is 5.34. The van der Waals surface area contributed by atoms with E-state index in [1.54, 1.807) is 31.4 Å². The molecule has 1 heterocycles. The molecule has 0 spiro atoms. The van der Waals surface area contributed by atoms with E-state index in [1.807, 2.05) is 19.1 Å². The number of anilines is 1. The maximum absolute atomic E-state index is 13.1. The molecule has 0 aliphatic carbocycles. The van der Waals surface area contributed by atoms with Crippen molar-refractivity contribution in [2.75, 3.05) is 30.8 Å². The van der Waals surface area contributed by atoms with E-state index in [-0.39, 0.29) is 5.91 Å². The number of hydrogen-bond donors (Lipinski definition) is 1. The van der Waals surface area contributed by atoms with Crippen molar-refractivity contribution in [1.29, 1.82) is 0 Å². The second-order valence-corrected chi connectivity index (χ2v) is 10.4. The van der Waals surface area contributed by atoms with Gasteiger partial charge in [-0.15, -0.1) is 0 Å². The molecule has 2 aromatic carbocycles. The minimum absolute atomic E-state index is 0.319. The van der Waals surface area contributed by atoms with Crippen LogP contribution < -0.4 is 14.4 Å². The fraction of sp³-hybridized carbons (Fsp3) is 0.480. The van der Waals surface area contributed by atoms with Crippen molar-refractivity contribution < 1.29 is 17.9 Å². The van der Waals surface area contributed by atoms with Crippen LogP contribution in [0.15, 0.2) is 48.5 Å². The lowest BCUT2D eigenvalue weighted by atomic mass is 10.1. The summed E-state index contributed by atoms with van der Waals surface area (Å²) in [6.07, 6.45) is 5.28. The van der Waals surface area contributed by atoms with Crippen molar-refractivity contribution in [3.05, 3.63) is 59.7 Å². The van der Waals surface area contributed by atoms with Crippen molar-refractivity contribution in [1.82, 2.24) is 10.2 Å². The van der Waals surface area contributed by atoms with Gasteiger partial charge in [-0.1, -0.05) is 37.6 Å². The number of nitrogens with one attached hydrogen (secondary N) is 1. The van der Waals surface area contributed by atoms with Gasteiger partial charge in [0.1, 0.15) is 11.8 Å². The van der Waals surface area contributed by atoms with Crippen LogP contribution in [0.5, 0.6) is 5.75 Å². The number of ether oxygens (including phenoxy) is 1. The normalized spacial score (nSPS) is 15.6. The fourth-order valence-corrected chi connectivity index (χ4v) is 5.52. The van der Waals surface area contributed by atoms with Crippen molar-refractivity contribution in [3.8, 4) is 5.75 Å². The van der Waals surface area contributed by atoms with E-state index in [0.717, 1.165) is 31.5 Å². The summed E-state index contributed by atoms with van der Waals surface area (Å²) in [5, 5.41) is 2.94. The zero-order valence-electron chi connectivity index (χ0n) is 19.8. The van der Waals surface area contributed by atoms with Crippen LogP contribution >= 0.6 is 0 Å². The molecule has 7 nitrogen and oxygen atoms in total. The second-order valence-electron chi connectivity index (χ2n) is 8.56. The van der Waals surface area contributed by atoms with Crippen LogP contribution in [0.2, 0.25) is 0 Å². The van der Waals surface area contributed by atoms with Gasteiger partial charge in [0.25, 0.3) is 0 Å². The number of likely N-dealkylation sites (tertiary alicyclic amines) is 1. The van der Waals surface area contributed by atoms with Gasteiger partial charge in [-0.25, -0.2) is 8.42 Å². The molecule has 1 atom stereocenters. The average Bonchev–Trinajstić information content (AvgIpc) is 2.81. The fourth-order valence-electron chi connectivity index (χ4n) is 4.31. The molecule has 1 N–H and O–H groups in total. The van der Waals surface area contributed by atoms with E-state index in [9.17, 15) is 13.2 Å². The molecule has 8 heteroatoms. The number of carbonyl (C=O) groups is 1. The molecule has 1 amide bonds. The number of nitrogens with zero attached hydrogens (tertiary/aromatic N) is 2. The first-order valence-electron chi connectivity index (χ1n) is 11.5. The zero-order valence-corrected chi connectivity index (χ0v) is 20.6. The van der Waals surface area contributed by atoms with Crippen molar-refractivity contribution >= 4 is 21.6 Å². The van der Waals surface area contributed by atoms with Crippen LogP contribution in [0.3, 0.4) is 0 Å². The Hall–Kier alpha value is -2.58. The van der Waals surface area contributed by atoms with Crippen molar-refractivity contribution in [2.24, 2.45) is 0 Å². The Labute approximate surface area is 197 Å². The lowest BCUT2D eigenvalue weighted by Crippen LogP contribution is -2.49. The Bertz CT molecular complexity index is 1020. The van der Waals surface area contributed by atoms with E-state index in [0.29, 0.717) is 24.4 Å². The van der Waals surface area contributed by atoms with Crippen LogP contribution in [0.1, 0.15) is 43.7 Å². The first-order chi connectivity index (χ1) is 15.8. The number of rotatable bonds is 10. The summed E-state index contributed by atoms with van der Waals surface area (Å²) >= 11 is 0. The highest BCUT2D eigenvalue weighted by Gasteiger charge is 2.31. The molecular weight excluding hydrogens is 438 g/mol. The van der Waals surface area contributed by atoms with Crippen LogP contribution in [0.25, 0.3) is 0 Å². The van der Waals surface area contributed by atoms with E-state index in [1.165, 1.54) is 29.1 Å². The molecule has 180 valence electrons. The van der Waals surface area contributed by atoms with Crippen LogP contribution in [-0.2, 0) is 27.9 Å². The summed E-state index contributed by atoms with van der Waals surface area (Å²) in [4.78, 5) is 15.5. The van der Waals surface area contributed by atoms with Crippen LogP contribution in [0.4, 0.5) is 5.69 Å². The third kappa shape index (κ3) is 6.95. The highest BCUT2D eigenvalue weighted by atomic mass is 32.2. The monoisotopic (exact) mass is 473 g/mol. The highest BCUT2D eigenvalue weighted by Crippen LogP contribution is 2.25. The topological polar surface area (TPSA) is 79.0 Å². The van der Waals surface area contributed by atoms with Gasteiger partial charge >= 0.3 is 0 Å². The van der Waals surface area contributed by atoms with Gasteiger partial charge in [0.05, 0.1) is 19.1 Å². The third-order valence-corrected chi connectivity index (χ3v) is 7.15. The molecule has 1 fully saturated rings. The van der Waals surface area contributed by atoms with E-state index in [2.05, 4.69) is 22.3 Å². The number of benzene rings is 2. The maximum Gasteiger partial charge on any atom is 0.244 e. The quantitative estimate of drug-likeness (QED) is 0.571. The Morgan fingerprint density at radius 1 is 1.09 bits per heavy atom. The van der Waals surface area contributed by atoms with Gasteiger partial charge in [-0.3, -0.25) is 14.0 Å². The molecule has 1 saturated heterocycles. The predicted molar refractivity (Wildman–Crippen MR) is 132 cm³/mol. The Balaban J connectivity index is 1.69. The van der Waals surface area contributed by atoms with Crippen molar-refractivity contribution in [2.45, 2.75) is 51.7 Å². The van der Waals surface area contributed by atoms with Gasteiger partial charge in [0, 0.05) is 13.1 Å². The summed E-state index contributed by atoms with van der Waals surface area (Å²) in [5.74, 6) is 0.300. The maximum atomic E-state index is 13.1. The molecule has 3 rings (SSSR count). The minimum Gasteiger partial charge on any atom is -0.497 e. The lowest BCUT2D eigenvalue weighted by molar-refractivity contribution is -0.122. The number of carbonyl (C=O) groups excluding carboxylic acids is 1. The molecule has 1 aliphatic rings. The van der Waals surface area contributed by atoms with Crippen LogP contribution in [-0.4, -0.2) is 51.7 Å². The van der Waals surface area contributed by atoms with E-state index < -0.39 is 16.1 Å². The first-order valence-corrected chi connectivity index (χ1v) is 13.4. The van der Waals surface area contributed by atoms with Gasteiger partial charge in [0.15, 0.2) is 0 Å². The predicted octanol–water partition coefficient (Wildman–Crippen LogP) is 3.54. The van der Waals surface area contributed by atoms with Gasteiger partial charge in [-0.05, 0) is 67.7 Å². The summed E-state index contributed by atoms with van der Waals surface area (Å²) in [5.41, 5.74) is 2.67. The van der Waals surface area contributed by atoms with Gasteiger partial charge in [0.2, 0.25) is 15.9 Å². The lowest BCUT2D eigenvalue weighted by Gasteiger charge is -2.30. The molecule has 0 bridgehead atoms. The molecule has 0 aromatic heterocycles. The van der Waals surface area contributed by atoms with E-state index in [4.69, 9.17) is 4.74 Å². The van der Waals surface area contributed by atoms with Crippen LogP contribution in [0, 0.1) is 0 Å². The molecule has 0 radical (unpaired) electrons. The zero-order chi connectivity index (χ0) is 23.8. The third-order valence-electron chi connectivity index (χ3n) is 5.97.